The largest absolute Gasteiger partial charge is 0.480 e. The Labute approximate surface area is 158 Å². The number of pyridine rings is 1. The van der Waals surface area contributed by atoms with Gasteiger partial charge in [-0.1, -0.05) is 60.1 Å². The zero-order chi connectivity index (χ0) is 18.5. The fraction of sp³-hybridized carbons (Fsp3) is 0.136. The molecule has 0 bridgehead atoms. The molecule has 1 heterocycles. The van der Waals surface area contributed by atoms with Gasteiger partial charge in [0.1, 0.15) is 0 Å². The molecule has 4 heteroatoms. The molecule has 0 fully saturated rings. The van der Waals surface area contributed by atoms with Crippen LogP contribution in [-0.4, -0.2) is 19.2 Å². The van der Waals surface area contributed by atoms with E-state index in [0.717, 1.165) is 27.8 Å². The number of rotatable bonds is 5. The van der Waals surface area contributed by atoms with Crippen molar-refractivity contribution >= 4 is 17.2 Å². The summed E-state index contributed by atoms with van der Waals surface area (Å²) < 4.78 is 11.1. The third-order valence-electron chi connectivity index (χ3n) is 4.16. The Bertz CT molecular complexity index is 919. The van der Waals surface area contributed by atoms with Crippen molar-refractivity contribution in [3.8, 4) is 22.9 Å². The molecule has 0 aliphatic carbocycles. The normalized spacial score (nSPS) is 11.3. The summed E-state index contributed by atoms with van der Waals surface area (Å²) in [6, 6.07) is 19.8. The van der Waals surface area contributed by atoms with Gasteiger partial charge in [0, 0.05) is 16.1 Å². The van der Waals surface area contributed by atoms with Crippen molar-refractivity contribution in [1.82, 2.24) is 4.98 Å². The van der Waals surface area contributed by atoms with E-state index in [1.807, 2.05) is 49.4 Å². The van der Waals surface area contributed by atoms with Gasteiger partial charge in [-0.25, -0.2) is 0 Å². The highest BCUT2D eigenvalue weighted by molar-refractivity contribution is 6.30. The average molecular weight is 366 g/mol. The van der Waals surface area contributed by atoms with Crippen molar-refractivity contribution in [2.45, 2.75) is 6.92 Å². The minimum absolute atomic E-state index is 0.511. The molecule has 2 aromatic carbocycles. The molecule has 0 saturated carbocycles. The van der Waals surface area contributed by atoms with Crippen LogP contribution in [0, 0.1) is 0 Å². The number of allylic oxidation sites excluding steroid dienone is 1. The smallest absolute Gasteiger partial charge is 0.224 e. The highest BCUT2D eigenvalue weighted by atomic mass is 35.5. The van der Waals surface area contributed by atoms with Crippen LogP contribution < -0.4 is 9.47 Å². The van der Waals surface area contributed by atoms with Crippen LogP contribution in [0.15, 0.2) is 66.7 Å². The minimum atomic E-state index is 0.511. The van der Waals surface area contributed by atoms with E-state index in [0.29, 0.717) is 16.8 Å². The Hall–Kier alpha value is -2.78. The van der Waals surface area contributed by atoms with Crippen LogP contribution in [0.1, 0.15) is 18.1 Å². The topological polar surface area (TPSA) is 31.4 Å². The molecule has 0 radical (unpaired) electrons. The summed E-state index contributed by atoms with van der Waals surface area (Å²) in [6.45, 7) is 2.01. The minimum Gasteiger partial charge on any atom is -0.480 e. The first-order chi connectivity index (χ1) is 12.7. The summed E-state index contributed by atoms with van der Waals surface area (Å²) in [4.78, 5) is 4.58. The SMILES string of the molecule is C/C=C(\c1ccccc1)c1cc(-c2ccc(Cl)cc2)c(OC)nc1OC. The van der Waals surface area contributed by atoms with Crippen LogP contribution in [0.3, 0.4) is 0 Å². The Balaban J connectivity index is 2.21. The van der Waals surface area contributed by atoms with Crippen molar-refractivity contribution in [3.05, 3.63) is 82.9 Å². The van der Waals surface area contributed by atoms with Gasteiger partial charge in [-0.05, 0) is 41.8 Å². The molecule has 0 atom stereocenters. The predicted molar refractivity (Wildman–Crippen MR) is 107 cm³/mol. The second kappa shape index (κ2) is 8.07. The van der Waals surface area contributed by atoms with Crippen LogP contribution in [0.4, 0.5) is 0 Å². The predicted octanol–water partition coefficient (Wildman–Crippen LogP) is 5.87. The number of hydrogen-bond acceptors (Lipinski definition) is 3. The molecule has 0 amide bonds. The zero-order valence-electron chi connectivity index (χ0n) is 15.0. The zero-order valence-corrected chi connectivity index (χ0v) is 15.7. The van der Waals surface area contributed by atoms with Crippen molar-refractivity contribution in [2.75, 3.05) is 14.2 Å². The van der Waals surface area contributed by atoms with Crippen LogP contribution in [0.2, 0.25) is 5.02 Å². The lowest BCUT2D eigenvalue weighted by molar-refractivity contribution is 0.365. The maximum atomic E-state index is 6.03. The van der Waals surface area contributed by atoms with E-state index >= 15 is 0 Å². The molecule has 0 aliphatic heterocycles. The fourth-order valence-electron chi connectivity index (χ4n) is 2.92. The molecule has 3 aromatic rings. The molecule has 1 aromatic heterocycles. The quantitative estimate of drug-likeness (QED) is 0.566. The summed E-state index contributed by atoms with van der Waals surface area (Å²) in [6.07, 6.45) is 2.06. The highest BCUT2D eigenvalue weighted by Crippen LogP contribution is 2.38. The molecule has 0 N–H and O–H groups in total. The average Bonchev–Trinajstić information content (AvgIpc) is 2.69. The van der Waals surface area contributed by atoms with Gasteiger partial charge in [-0.2, -0.15) is 4.98 Å². The van der Waals surface area contributed by atoms with Gasteiger partial charge < -0.3 is 9.47 Å². The van der Waals surface area contributed by atoms with Gasteiger partial charge in [-0.15, -0.1) is 0 Å². The van der Waals surface area contributed by atoms with Gasteiger partial charge >= 0.3 is 0 Å². The van der Waals surface area contributed by atoms with Gasteiger partial charge in [-0.3, -0.25) is 0 Å². The van der Waals surface area contributed by atoms with Crippen molar-refractivity contribution in [1.29, 1.82) is 0 Å². The number of methoxy groups -OCH3 is 2. The van der Waals surface area contributed by atoms with E-state index in [-0.39, 0.29) is 0 Å². The Morgan fingerprint density at radius 1 is 0.923 bits per heavy atom. The standard InChI is InChI=1S/C22H20ClNO2/c1-4-18(15-8-6-5-7-9-15)20-14-19(16-10-12-17(23)13-11-16)21(25-2)24-22(20)26-3/h4-14H,1-3H3/b18-4+. The lowest BCUT2D eigenvalue weighted by Crippen LogP contribution is -2.01. The Kier molecular flexibility index (Phi) is 5.59. The monoisotopic (exact) mass is 365 g/mol. The van der Waals surface area contributed by atoms with E-state index in [2.05, 4.69) is 29.3 Å². The highest BCUT2D eigenvalue weighted by Gasteiger charge is 2.18. The summed E-state index contributed by atoms with van der Waals surface area (Å²) in [5.41, 5.74) is 4.92. The second-order valence-corrected chi connectivity index (χ2v) is 6.11. The first kappa shape index (κ1) is 18.0. The van der Waals surface area contributed by atoms with Crippen molar-refractivity contribution < 1.29 is 9.47 Å². The summed E-state index contributed by atoms with van der Waals surface area (Å²) in [5, 5.41) is 0.688. The van der Waals surface area contributed by atoms with Crippen LogP contribution in [0.5, 0.6) is 11.8 Å². The lowest BCUT2D eigenvalue weighted by atomic mass is 9.95. The number of benzene rings is 2. The molecule has 3 nitrogen and oxygen atoms in total. The van der Waals surface area contributed by atoms with Gasteiger partial charge in [0.15, 0.2) is 0 Å². The third-order valence-corrected chi connectivity index (χ3v) is 4.41. The second-order valence-electron chi connectivity index (χ2n) is 5.68. The number of aromatic nitrogens is 1. The maximum Gasteiger partial charge on any atom is 0.224 e. The van der Waals surface area contributed by atoms with Crippen molar-refractivity contribution in [2.24, 2.45) is 0 Å². The van der Waals surface area contributed by atoms with E-state index in [9.17, 15) is 0 Å². The third kappa shape index (κ3) is 3.58. The molecule has 0 unspecified atom stereocenters. The first-order valence-electron chi connectivity index (χ1n) is 8.29. The first-order valence-corrected chi connectivity index (χ1v) is 8.66. The Morgan fingerprint density at radius 2 is 1.58 bits per heavy atom. The molecule has 0 spiro atoms. The van der Waals surface area contributed by atoms with Crippen molar-refractivity contribution in [3.63, 3.8) is 0 Å². The molecule has 0 saturated heterocycles. The summed E-state index contributed by atoms with van der Waals surface area (Å²) in [7, 11) is 3.22. The number of hydrogen-bond donors (Lipinski definition) is 0. The molecule has 132 valence electrons. The van der Waals surface area contributed by atoms with E-state index in [1.165, 1.54) is 0 Å². The van der Waals surface area contributed by atoms with E-state index in [4.69, 9.17) is 21.1 Å². The van der Waals surface area contributed by atoms with Gasteiger partial charge in [0.05, 0.1) is 14.2 Å². The van der Waals surface area contributed by atoms with Gasteiger partial charge in [0.25, 0.3) is 0 Å². The molecule has 0 aliphatic rings. The Morgan fingerprint density at radius 3 is 2.15 bits per heavy atom. The molecular weight excluding hydrogens is 346 g/mol. The molecule has 3 rings (SSSR count). The van der Waals surface area contributed by atoms with E-state index < -0.39 is 0 Å². The molecule has 26 heavy (non-hydrogen) atoms. The van der Waals surface area contributed by atoms with Gasteiger partial charge in [0.2, 0.25) is 11.8 Å². The van der Waals surface area contributed by atoms with Crippen LogP contribution in [0.25, 0.3) is 16.7 Å². The maximum absolute atomic E-state index is 6.03. The summed E-state index contributed by atoms with van der Waals surface area (Å²) in [5.74, 6) is 1.04. The van der Waals surface area contributed by atoms with E-state index in [1.54, 1.807) is 14.2 Å². The summed E-state index contributed by atoms with van der Waals surface area (Å²) >= 11 is 6.03. The number of ether oxygens (including phenoxy) is 2. The van der Waals surface area contributed by atoms with Crippen LogP contribution in [-0.2, 0) is 0 Å². The number of halogens is 1. The van der Waals surface area contributed by atoms with Crippen LogP contribution >= 0.6 is 11.6 Å². The molecular formula is C22H20ClNO2. The number of nitrogens with zero attached hydrogens (tertiary/aromatic N) is 1. The lowest BCUT2D eigenvalue weighted by Gasteiger charge is -2.16. The fourth-order valence-corrected chi connectivity index (χ4v) is 3.04.